The van der Waals surface area contributed by atoms with Crippen LogP contribution in [0.25, 0.3) is 0 Å². The minimum absolute atomic E-state index is 0.283. The average Bonchev–Trinajstić information content (AvgIpc) is 2.62. The molecule has 8 heteroatoms. The van der Waals surface area contributed by atoms with Gasteiger partial charge in [0.15, 0.2) is 5.82 Å². The highest BCUT2D eigenvalue weighted by Crippen LogP contribution is 2.30. The second-order valence-electron chi connectivity index (χ2n) is 5.54. The van der Waals surface area contributed by atoms with E-state index in [1.807, 2.05) is 24.3 Å². The SMILES string of the molecule is CCc1ccc(Nc2nncc(Nc3ccc(C(F)(F)F)cc3)n2)cc1. The van der Waals surface area contributed by atoms with Crippen molar-refractivity contribution in [2.24, 2.45) is 0 Å². The van der Waals surface area contributed by atoms with Crippen LogP contribution in [0.1, 0.15) is 18.1 Å². The number of aromatic nitrogens is 3. The Morgan fingerprint density at radius 2 is 1.50 bits per heavy atom. The van der Waals surface area contributed by atoms with E-state index in [2.05, 4.69) is 32.7 Å². The molecule has 2 N–H and O–H groups in total. The first-order valence-electron chi connectivity index (χ1n) is 7.94. The summed E-state index contributed by atoms with van der Waals surface area (Å²) >= 11 is 0. The molecular weight excluding hydrogens is 343 g/mol. The van der Waals surface area contributed by atoms with Crippen molar-refractivity contribution in [1.82, 2.24) is 15.2 Å². The molecule has 2 aromatic carbocycles. The summed E-state index contributed by atoms with van der Waals surface area (Å²) in [5.74, 6) is 0.651. The number of hydrogen-bond acceptors (Lipinski definition) is 5. The van der Waals surface area contributed by atoms with E-state index in [1.165, 1.54) is 23.9 Å². The van der Waals surface area contributed by atoms with Crippen LogP contribution >= 0.6 is 0 Å². The van der Waals surface area contributed by atoms with Crippen molar-refractivity contribution in [2.45, 2.75) is 19.5 Å². The van der Waals surface area contributed by atoms with Gasteiger partial charge in [0.05, 0.1) is 11.8 Å². The second-order valence-corrected chi connectivity index (χ2v) is 5.54. The lowest BCUT2D eigenvalue weighted by Crippen LogP contribution is -2.05. The van der Waals surface area contributed by atoms with E-state index in [9.17, 15) is 13.2 Å². The van der Waals surface area contributed by atoms with Crippen LogP contribution in [-0.4, -0.2) is 15.2 Å². The van der Waals surface area contributed by atoms with Crippen molar-refractivity contribution < 1.29 is 13.2 Å². The van der Waals surface area contributed by atoms with Crippen LogP contribution < -0.4 is 10.6 Å². The summed E-state index contributed by atoms with van der Waals surface area (Å²) in [5.41, 5.74) is 1.79. The van der Waals surface area contributed by atoms with Crippen molar-refractivity contribution in [1.29, 1.82) is 0 Å². The molecule has 0 fully saturated rings. The summed E-state index contributed by atoms with van der Waals surface area (Å²) in [7, 11) is 0. The van der Waals surface area contributed by atoms with Gasteiger partial charge in [0.1, 0.15) is 0 Å². The molecule has 0 aliphatic heterocycles. The number of hydrogen-bond donors (Lipinski definition) is 2. The zero-order chi connectivity index (χ0) is 18.6. The van der Waals surface area contributed by atoms with Crippen LogP contribution in [0, 0.1) is 0 Å². The van der Waals surface area contributed by atoms with Gasteiger partial charge < -0.3 is 10.6 Å². The van der Waals surface area contributed by atoms with Gasteiger partial charge in [-0.3, -0.25) is 0 Å². The summed E-state index contributed by atoms with van der Waals surface area (Å²) in [4.78, 5) is 4.26. The van der Waals surface area contributed by atoms with Gasteiger partial charge in [0.2, 0.25) is 5.95 Å². The van der Waals surface area contributed by atoms with E-state index in [1.54, 1.807) is 0 Å². The summed E-state index contributed by atoms with van der Waals surface area (Å²) < 4.78 is 37.8. The van der Waals surface area contributed by atoms with E-state index >= 15 is 0 Å². The van der Waals surface area contributed by atoms with E-state index in [4.69, 9.17) is 0 Å². The predicted octanol–water partition coefficient (Wildman–Crippen LogP) is 4.94. The number of aryl methyl sites for hydroxylation is 1. The zero-order valence-corrected chi connectivity index (χ0v) is 13.9. The second kappa shape index (κ2) is 7.38. The van der Waals surface area contributed by atoms with E-state index < -0.39 is 11.7 Å². The van der Waals surface area contributed by atoms with E-state index in [0.29, 0.717) is 11.5 Å². The van der Waals surface area contributed by atoms with Gasteiger partial charge in [-0.2, -0.15) is 23.3 Å². The Kier molecular flexibility index (Phi) is 5.01. The summed E-state index contributed by atoms with van der Waals surface area (Å²) in [6.45, 7) is 2.08. The van der Waals surface area contributed by atoms with Crippen LogP contribution in [0.4, 0.5) is 36.3 Å². The summed E-state index contributed by atoms with van der Waals surface area (Å²) in [5, 5.41) is 13.7. The molecular formula is C18H16F3N5. The van der Waals surface area contributed by atoms with Crippen LogP contribution in [0.15, 0.2) is 54.7 Å². The largest absolute Gasteiger partial charge is 0.416 e. The number of nitrogens with zero attached hydrogens (tertiary/aromatic N) is 3. The van der Waals surface area contributed by atoms with Gasteiger partial charge in [-0.15, -0.1) is 5.10 Å². The molecule has 0 saturated carbocycles. The normalized spacial score (nSPS) is 11.2. The molecule has 0 radical (unpaired) electrons. The van der Waals surface area contributed by atoms with Crippen molar-refractivity contribution in [2.75, 3.05) is 10.6 Å². The van der Waals surface area contributed by atoms with E-state index in [0.717, 1.165) is 24.2 Å². The lowest BCUT2D eigenvalue weighted by Gasteiger charge is -2.10. The van der Waals surface area contributed by atoms with Crippen LogP contribution in [0.3, 0.4) is 0 Å². The maximum atomic E-state index is 12.6. The third-order valence-electron chi connectivity index (χ3n) is 3.66. The number of rotatable bonds is 5. The Morgan fingerprint density at radius 3 is 2.12 bits per heavy atom. The third kappa shape index (κ3) is 4.47. The average molecular weight is 359 g/mol. The Bertz CT molecular complexity index is 861. The quantitative estimate of drug-likeness (QED) is 0.676. The smallest absolute Gasteiger partial charge is 0.339 e. The molecule has 0 unspecified atom stereocenters. The molecule has 0 bridgehead atoms. The molecule has 0 amide bonds. The summed E-state index contributed by atoms with van der Waals surface area (Å²) in [6, 6.07) is 12.5. The maximum Gasteiger partial charge on any atom is 0.416 e. The number of benzene rings is 2. The van der Waals surface area contributed by atoms with E-state index in [-0.39, 0.29) is 5.95 Å². The van der Waals surface area contributed by atoms with Gasteiger partial charge in [-0.05, 0) is 48.4 Å². The van der Waals surface area contributed by atoms with Crippen LogP contribution in [0.2, 0.25) is 0 Å². The first-order chi connectivity index (χ1) is 12.4. The van der Waals surface area contributed by atoms with Crippen molar-refractivity contribution in [3.63, 3.8) is 0 Å². The molecule has 5 nitrogen and oxygen atoms in total. The van der Waals surface area contributed by atoms with Gasteiger partial charge in [-0.1, -0.05) is 19.1 Å². The maximum absolute atomic E-state index is 12.6. The first kappa shape index (κ1) is 17.7. The molecule has 3 rings (SSSR count). The fourth-order valence-electron chi connectivity index (χ4n) is 2.26. The predicted molar refractivity (Wildman–Crippen MR) is 93.7 cm³/mol. The fraction of sp³-hybridized carbons (Fsp3) is 0.167. The highest BCUT2D eigenvalue weighted by molar-refractivity contribution is 5.59. The van der Waals surface area contributed by atoms with Gasteiger partial charge in [0.25, 0.3) is 0 Å². The Labute approximate surface area is 148 Å². The van der Waals surface area contributed by atoms with Crippen molar-refractivity contribution in [3.05, 3.63) is 65.9 Å². The van der Waals surface area contributed by atoms with Gasteiger partial charge in [0, 0.05) is 11.4 Å². The lowest BCUT2D eigenvalue weighted by molar-refractivity contribution is -0.137. The number of halogens is 3. The zero-order valence-electron chi connectivity index (χ0n) is 13.9. The van der Waals surface area contributed by atoms with Gasteiger partial charge in [-0.25, -0.2) is 0 Å². The van der Waals surface area contributed by atoms with Crippen molar-refractivity contribution in [3.8, 4) is 0 Å². The molecule has 0 spiro atoms. The van der Waals surface area contributed by atoms with Crippen molar-refractivity contribution >= 4 is 23.1 Å². The molecule has 3 aromatic rings. The monoisotopic (exact) mass is 359 g/mol. The fourth-order valence-corrected chi connectivity index (χ4v) is 2.26. The molecule has 1 heterocycles. The topological polar surface area (TPSA) is 62.7 Å². The van der Waals surface area contributed by atoms with Crippen LogP contribution in [-0.2, 0) is 12.6 Å². The molecule has 134 valence electrons. The first-order valence-corrected chi connectivity index (χ1v) is 7.94. The van der Waals surface area contributed by atoms with Crippen LogP contribution in [0.5, 0.6) is 0 Å². The Balaban J connectivity index is 1.70. The molecule has 0 aliphatic carbocycles. The third-order valence-corrected chi connectivity index (χ3v) is 3.66. The van der Waals surface area contributed by atoms with Gasteiger partial charge >= 0.3 is 6.18 Å². The molecule has 0 saturated heterocycles. The highest BCUT2D eigenvalue weighted by Gasteiger charge is 2.29. The number of anilines is 4. The Morgan fingerprint density at radius 1 is 0.885 bits per heavy atom. The molecule has 0 atom stereocenters. The minimum Gasteiger partial charge on any atom is -0.339 e. The number of nitrogens with one attached hydrogen (secondary N) is 2. The molecule has 1 aromatic heterocycles. The molecule has 26 heavy (non-hydrogen) atoms. The lowest BCUT2D eigenvalue weighted by atomic mass is 10.1. The highest BCUT2D eigenvalue weighted by atomic mass is 19.4. The number of alkyl halides is 3. The summed E-state index contributed by atoms with van der Waals surface area (Å²) in [6.07, 6.45) is -2.02. The standard InChI is InChI=1S/C18H16F3N5/c1-2-12-3-7-15(8-4-12)24-17-25-16(11-22-26-17)23-14-9-5-13(6-10-14)18(19,20)21/h3-11H,2H2,1H3,(H2,23,24,25,26). The molecule has 0 aliphatic rings. The minimum atomic E-state index is -4.36. The Hall–Kier alpha value is -3.16.